The number of carbonyl (C=O) groups excluding carboxylic acids is 1. The van der Waals surface area contributed by atoms with Crippen molar-refractivity contribution in [2.75, 3.05) is 13.6 Å². The predicted octanol–water partition coefficient (Wildman–Crippen LogP) is 0.991. The van der Waals surface area contributed by atoms with Crippen molar-refractivity contribution in [3.63, 3.8) is 0 Å². The number of H-pyrrole nitrogens is 1. The molecule has 4 heterocycles. The van der Waals surface area contributed by atoms with Crippen molar-refractivity contribution in [1.82, 2.24) is 29.8 Å². The molecule has 0 unspecified atom stereocenters. The molecule has 3 aromatic heterocycles. The van der Waals surface area contributed by atoms with Gasteiger partial charge in [0.2, 0.25) is 0 Å². The molecule has 0 radical (unpaired) electrons. The summed E-state index contributed by atoms with van der Waals surface area (Å²) in [4.78, 5) is 32.8. The third kappa shape index (κ3) is 3.73. The number of ether oxygens (including phenoxy) is 1. The highest BCUT2D eigenvalue weighted by atomic mass is 16.5. The summed E-state index contributed by atoms with van der Waals surface area (Å²) in [6.07, 6.45) is 4.08. The number of aromatic amines is 1. The highest BCUT2D eigenvalue weighted by Gasteiger charge is 2.37. The number of amides is 1. The topological polar surface area (TPSA) is 105 Å². The maximum atomic E-state index is 12.0. The minimum Gasteiger partial charge on any atom is -0.486 e. The molecule has 3 aromatic rings. The van der Waals surface area contributed by atoms with Gasteiger partial charge >= 0.3 is 0 Å². The number of rotatable bonds is 6. The molecule has 1 aliphatic heterocycles. The first kappa shape index (κ1) is 19.1. The normalized spacial score (nSPS) is 19.1. The molecule has 29 heavy (non-hydrogen) atoms. The van der Waals surface area contributed by atoms with Crippen LogP contribution >= 0.6 is 0 Å². The first-order valence-electron chi connectivity index (χ1n) is 9.67. The molecule has 0 saturated carbocycles. The zero-order valence-electron chi connectivity index (χ0n) is 16.7. The Morgan fingerprint density at radius 3 is 2.90 bits per heavy atom. The van der Waals surface area contributed by atoms with Gasteiger partial charge in [0.15, 0.2) is 0 Å². The lowest BCUT2D eigenvalue weighted by molar-refractivity contribution is -0.0421. The second-order valence-corrected chi connectivity index (χ2v) is 7.21. The van der Waals surface area contributed by atoms with Gasteiger partial charge in [0.1, 0.15) is 23.2 Å². The lowest BCUT2D eigenvalue weighted by Crippen LogP contribution is -2.60. The van der Waals surface area contributed by atoms with Gasteiger partial charge in [-0.1, -0.05) is 6.92 Å². The number of aromatic nitrogens is 4. The summed E-state index contributed by atoms with van der Waals surface area (Å²) < 4.78 is 7.72. The summed E-state index contributed by atoms with van der Waals surface area (Å²) in [5.41, 5.74) is 2.61. The Hall–Kier alpha value is -3.20. The second kappa shape index (κ2) is 7.67. The van der Waals surface area contributed by atoms with Crippen LogP contribution in [0, 0.1) is 0 Å². The van der Waals surface area contributed by atoms with Crippen molar-refractivity contribution < 1.29 is 9.53 Å². The van der Waals surface area contributed by atoms with Gasteiger partial charge in [-0.3, -0.25) is 14.5 Å². The molecule has 0 aliphatic carbocycles. The number of aryl methyl sites for hydroxylation is 1. The van der Waals surface area contributed by atoms with E-state index in [1.807, 2.05) is 13.0 Å². The van der Waals surface area contributed by atoms with Crippen LogP contribution < -0.4 is 15.6 Å². The van der Waals surface area contributed by atoms with Crippen LogP contribution in [-0.2, 0) is 13.0 Å². The Labute approximate surface area is 167 Å². The van der Waals surface area contributed by atoms with Gasteiger partial charge in [-0.05, 0) is 25.5 Å². The summed E-state index contributed by atoms with van der Waals surface area (Å²) in [5, 5.41) is 7.12. The van der Waals surface area contributed by atoms with Crippen LogP contribution in [0.2, 0.25) is 0 Å². The first-order valence-corrected chi connectivity index (χ1v) is 9.67. The van der Waals surface area contributed by atoms with E-state index in [9.17, 15) is 9.59 Å². The van der Waals surface area contributed by atoms with Crippen molar-refractivity contribution in [2.45, 2.75) is 39.0 Å². The lowest BCUT2D eigenvalue weighted by Gasteiger charge is -2.45. The molecule has 4 rings (SSSR count). The largest absolute Gasteiger partial charge is 0.486 e. The summed E-state index contributed by atoms with van der Waals surface area (Å²) in [5.74, 6) is 0.422. The van der Waals surface area contributed by atoms with Crippen LogP contribution in [0.1, 0.15) is 35.6 Å². The predicted molar refractivity (Wildman–Crippen MR) is 107 cm³/mol. The van der Waals surface area contributed by atoms with E-state index in [1.165, 1.54) is 0 Å². The lowest BCUT2D eigenvalue weighted by atomic mass is 10.0. The van der Waals surface area contributed by atoms with E-state index in [-0.39, 0.29) is 23.6 Å². The summed E-state index contributed by atoms with van der Waals surface area (Å²) in [6, 6.07) is 5.53. The standard InChI is InChI=1S/C20H24N6O3/c1-4-13-9-26-18(23-19(13)27)7-14(24-26)10-25-11-17(12(25)2)29-15-5-6-16(22-8-15)20(28)21-3/h5-9,12,17H,4,10-11H2,1-3H3,(H,21,28)(H,23,27)/t12-,17+/m1/s1. The fraction of sp³-hybridized carbons (Fsp3) is 0.400. The van der Waals surface area contributed by atoms with Crippen LogP contribution in [-0.4, -0.2) is 56.1 Å². The van der Waals surface area contributed by atoms with E-state index in [0.717, 1.165) is 12.2 Å². The molecule has 1 amide bonds. The molecule has 2 N–H and O–H groups in total. The molecule has 0 aromatic carbocycles. The van der Waals surface area contributed by atoms with Gasteiger partial charge in [0.25, 0.3) is 11.5 Å². The highest BCUT2D eigenvalue weighted by molar-refractivity contribution is 5.91. The molecule has 9 heteroatoms. The van der Waals surface area contributed by atoms with E-state index in [0.29, 0.717) is 35.6 Å². The number of carbonyl (C=O) groups is 1. The highest BCUT2D eigenvalue weighted by Crippen LogP contribution is 2.25. The van der Waals surface area contributed by atoms with Gasteiger partial charge in [-0.25, -0.2) is 9.50 Å². The fourth-order valence-electron chi connectivity index (χ4n) is 3.46. The molecule has 1 saturated heterocycles. The van der Waals surface area contributed by atoms with Crippen LogP contribution in [0.5, 0.6) is 5.75 Å². The number of nitrogens with one attached hydrogen (secondary N) is 2. The maximum absolute atomic E-state index is 12.0. The maximum Gasteiger partial charge on any atom is 0.269 e. The quantitative estimate of drug-likeness (QED) is 0.644. The molecular weight excluding hydrogens is 372 g/mol. The van der Waals surface area contributed by atoms with Crippen LogP contribution in [0.4, 0.5) is 0 Å². The van der Waals surface area contributed by atoms with Crippen molar-refractivity contribution in [3.8, 4) is 5.75 Å². The van der Waals surface area contributed by atoms with Gasteiger partial charge in [0, 0.05) is 44.0 Å². The molecule has 0 bridgehead atoms. The molecule has 1 fully saturated rings. The Bertz CT molecular complexity index is 1090. The second-order valence-electron chi connectivity index (χ2n) is 7.21. The number of nitrogens with zero attached hydrogens (tertiary/aromatic N) is 4. The Kier molecular flexibility index (Phi) is 5.06. The van der Waals surface area contributed by atoms with E-state index in [2.05, 4.69) is 32.2 Å². The third-order valence-electron chi connectivity index (χ3n) is 5.36. The first-order chi connectivity index (χ1) is 14.0. The Morgan fingerprint density at radius 2 is 2.24 bits per heavy atom. The fourth-order valence-corrected chi connectivity index (χ4v) is 3.46. The summed E-state index contributed by atoms with van der Waals surface area (Å²) in [6.45, 7) is 5.50. The number of pyridine rings is 1. The van der Waals surface area contributed by atoms with Crippen LogP contribution in [0.15, 0.2) is 35.4 Å². The number of hydrogen-bond acceptors (Lipinski definition) is 6. The average Bonchev–Trinajstić information content (AvgIpc) is 3.13. The van der Waals surface area contributed by atoms with Crippen LogP contribution in [0.3, 0.4) is 0 Å². The molecule has 152 valence electrons. The summed E-state index contributed by atoms with van der Waals surface area (Å²) >= 11 is 0. The van der Waals surface area contributed by atoms with Gasteiger partial charge < -0.3 is 15.0 Å². The van der Waals surface area contributed by atoms with Crippen molar-refractivity contribution in [3.05, 3.63) is 57.9 Å². The number of hydrogen-bond donors (Lipinski definition) is 2. The van der Waals surface area contributed by atoms with E-state index >= 15 is 0 Å². The molecule has 9 nitrogen and oxygen atoms in total. The SMILES string of the molecule is CCc1cn2nc(CN3C[C@H](Oc4ccc(C(=O)NC)nc4)[C@H]3C)cc2[nH]c1=O. The van der Waals surface area contributed by atoms with E-state index in [1.54, 1.807) is 36.1 Å². The average molecular weight is 396 g/mol. The minimum absolute atomic E-state index is 0.0474. The van der Waals surface area contributed by atoms with Crippen molar-refractivity contribution in [2.24, 2.45) is 0 Å². The molecular formula is C20H24N6O3. The molecule has 1 aliphatic rings. The molecule has 0 spiro atoms. The van der Waals surface area contributed by atoms with Gasteiger partial charge in [-0.15, -0.1) is 0 Å². The van der Waals surface area contributed by atoms with Gasteiger partial charge in [-0.2, -0.15) is 5.10 Å². The van der Waals surface area contributed by atoms with Crippen molar-refractivity contribution >= 4 is 11.6 Å². The molecule has 2 atom stereocenters. The Morgan fingerprint density at radius 1 is 1.41 bits per heavy atom. The van der Waals surface area contributed by atoms with E-state index in [4.69, 9.17) is 4.74 Å². The zero-order chi connectivity index (χ0) is 20.5. The monoisotopic (exact) mass is 396 g/mol. The summed E-state index contributed by atoms with van der Waals surface area (Å²) in [7, 11) is 1.57. The van der Waals surface area contributed by atoms with E-state index < -0.39 is 0 Å². The van der Waals surface area contributed by atoms with Crippen LogP contribution in [0.25, 0.3) is 5.65 Å². The number of fused-ring (bicyclic) bond motifs is 1. The minimum atomic E-state index is -0.223. The zero-order valence-corrected chi connectivity index (χ0v) is 16.7. The van der Waals surface area contributed by atoms with Gasteiger partial charge in [0.05, 0.1) is 11.9 Å². The smallest absolute Gasteiger partial charge is 0.269 e. The number of likely N-dealkylation sites (tertiary alicyclic amines) is 1. The third-order valence-corrected chi connectivity index (χ3v) is 5.36. The Balaban J connectivity index is 1.37. The van der Waals surface area contributed by atoms with Crippen molar-refractivity contribution in [1.29, 1.82) is 0 Å².